The van der Waals surface area contributed by atoms with E-state index >= 15 is 0 Å². The minimum absolute atomic E-state index is 0.0160. The summed E-state index contributed by atoms with van der Waals surface area (Å²) < 4.78 is 25.5. The highest BCUT2D eigenvalue weighted by Crippen LogP contribution is 2.20. The summed E-state index contributed by atoms with van der Waals surface area (Å²) in [5.74, 6) is -0.380. The summed E-state index contributed by atoms with van der Waals surface area (Å²) in [6.07, 6.45) is 7.70. The van der Waals surface area contributed by atoms with Gasteiger partial charge in [0.25, 0.3) is 5.91 Å². The Morgan fingerprint density at radius 1 is 1.18 bits per heavy atom. The van der Waals surface area contributed by atoms with E-state index in [4.69, 9.17) is 0 Å². The van der Waals surface area contributed by atoms with Crippen LogP contribution in [0.5, 0.6) is 0 Å². The van der Waals surface area contributed by atoms with Gasteiger partial charge >= 0.3 is 0 Å². The summed E-state index contributed by atoms with van der Waals surface area (Å²) in [5, 5.41) is 3.21. The number of unbranched alkanes of at least 4 members (excludes halogenated alkanes) is 4. The number of fused-ring (bicyclic) bond motifs is 1. The Hall–Kier alpha value is -2.35. The highest BCUT2D eigenvalue weighted by molar-refractivity contribution is 7.92. The van der Waals surface area contributed by atoms with Gasteiger partial charge in [-0.15, -0.1) is 0 Å². The number of pyridine rings is 1. The summed E-state index contributed by atoms with van der Waals surface area (Å²) in [7, 11) is -3.52. The predicted octanol–water partition coefficient (Wildman–Crippen LogP) is 3.38. The minimum Gasteiger partial charge on any atom is -0.349 e. The van der Waals surface area contributed by atoms with Crippen molar-refractivity contribution in [1.82, 2.24) is 10.3 Å². The van der Waals surface area contributed by atoms with Gasteiger partial charge in [-0.2, -0.15) is 0 Å². The highest BCUT2D eigenvalue weighted by atomic mass is 32.2. The van der Waals surface area contributed by atoms with E-state index in [0.29, 0.717) is 5.39 Å². The number of rotatable bonds is 10. The van der Waals surface area contributed by atoms with Gasteiger partial charge in [-0.05, 0) is 25.5 Å². The molecule has 0 fully saturated rings. The molecule has 0 aliphatic rings. The molecule has 28 heavy (non-hydrogen) atoms. The summed E-state index contributed by atoms with van der Waals surface area (Å²) in [4.78, 5) is 27.9. The number of amides is 1. The zero-order chi connectivity index (χ0) is 20.7. The van der Waals surface area contributed by atoms with Crippen LogP contribution < -0.4 is 15.5 Å². The number of hydrogen-bond donors (Lipinski definition) is 3. The molecule has 154 valence electrons. The molecule has 8 heteroatoms. The van der Waals surface area contributed by atoms with Crippen LogP contribution in [-0.2, 0) is 10.0 Å². The molecule has 0 spiro atoms. The van der Waals surface area contributed by atoms with Gasteiger partial charge in [0.2, 0.25) is 10.0 Å². The summed E-state index contributed by atoms with van der Waals surface area (Å²) in [5.41, 5.74) is 0.287. The predicted molar refractivity (Wildman–Crippen MR) is 113 cm³/mol. The first-order valence-corrected chi connectivity index (χ1v) is 11.5. The van der Waals surface area contributed by atoms with Crippen molar-refractivity contribution >= 4 is 32.5 Å². The van der Waals surface area contributed by atoms with E-state index in [2.05, 4.69) is 21.9 Å². The third-order valence-corrected chi connectivity index (χ3v) is 5.11. The fourth-order valence-electron chi connectivity index (χ4n) is 3.11. The summed E-state index contributed by atoms with van der Waals surface area (Å²) in [6, 6.07) is 5.95. The number of nitrogens with one attached hydrogen (secondary N) is 3. The number of sulfonamides is 1. The maximum atomic E-state index is 12.6. The number of H-pyrrole nitrogens is 1. The Balaban J connectivity index is 2.16. The molecule has 0 saturated heterocycles. The van der Waals surface area contributed by atoms with Crippen molar-refractivity contribution in [2.75, 3.05) is 11.0 Å². The number of para-hydroxylation sites is 1. The van der Waals surface area contributed by atoms with Gasteiger partial charge < -0.3 is 10.3 Å². The maximum absolute atomic E-state index is 12.6. The first kappa shape index (κ1) is 21.9. The van der Waals surface area contributed by atoms with Gasteiger partial charge in [-0.1, -0.05) is 45.1 Å². The lowest BCUT2D eigenvalue weighted by molar-refractivity contribution is 0.0933. The Morgan fingerprint density at radius 3 is 2.57 bits per heavy atom. The van der Waals surface area contributed by atoms with Crippen LogP contribution in [0.1, 0.15) is 62.9 Å². The molecule has 0 aliphatic heterocycles. The molecule has 1 aromatic carbocycles. The molecule has 0 bridgehead atoms. The quantitative estimate of drug-likeness (QED) is 0.525. The van der Waals surface area contributed by atoms with Crippen LogP contribution in [0, 0.1) is 0 Å². The molecule has 0 unspecified atom stereocenters. The number of aromatic amines is 1. The van der Waals surface area contributed by atoms with Crippen molar-refractivity contribution in [1.29, 1.82) is 0 Å². The van der Waals surface area contributed by atoms with E-state index in [1.54, 1.807) is 18.2 Å². The first-order valence-electron chi connectivity index (χ1n) is 9.66. The van der Waals surface area contributed by atoms with E-state index in [1.807, 2.05) is 6.92 Å². The molecular weight excluding hydrogens is 378 g/mol. The third kappa shape index (κ3) is 6.37. The fraction of sp³-hybridized carbons (Fsp3) is 0.500. The molecule has 0 saturated carbocycles. The van der Waals surface area contributed by atoms with Gasteiger partial charge in [-0.25, -0.2) is 8.42 Å². The number of benzene rings is 1. The van der Waals surface area contributed by atoms with E-state index in [0.717, 1.165) is 25.5 Å². The molecule has 0 aliphatic carbocycles. The minimum atomic E-state index is -3.52. The summed E-state index contributed by atoms with van der Waals surface area (Å²) in [6.45, 7) is 4.11. The maximum Gasteiger partial charge on any atom is 0.268 e. The number of anilines is 1. The number of carbonyl (C=O) groups excluding carboxylic acids is 1. The fourth-order valence-corrected chi connectivity index (χ4v) is 3.68. The molecule has 1 aromatic heterocycles. The molecule has 1 heterocycles. The van der Waals surface area contributed by atoms with Crippen molar-refractivity contribution < 1.29 is 13.2 Å². The molecule has 1 atom stereocenters. The van der Waals surface area contributed by atoms with Crippen LogP contribution in [0.2, 0.25) is 0 Å². The van der Waals surface area contributed by atoms with Crippen LogP contribution in [0.4, 0.5) is 5.69 Å². The van der Waals surface area contributed by atoms with Crippen molar-refractivity contribution in [3.05, 3.63) is 40.2 Å². The second kappa shape index (κ2) is 9.73. The van der Waals surface area contributed by atoms with Gasteiger partial charge in [0, 0.05) is 17.5 Å². The van der Waals surface area contributed by atoms with Gasteiger partial charge in [0.05, 0.1) is 17.5 Å². The van der Waals surface area contributed by atoms with Crippen molar-refractivity contribution in [3.8, 4) is 0 Å². The smallest absolute Gasteiger partial charge is 0.268 e. The average Bonchev–Trinajstić information content (AvgIpc) is 2.60. The van der Waals surface area contributed by atoms with E-state index in [-0.39, 0.29) is 34.3 Å². The normalized spacial score (nSPS) is 12.7. The molecule has 0 radical (unpaired) electrons. The van der Waals surface area contributed by atoms with Crippen molar-refractivity contribution in [2.45, 2.75) is 58.4 Å². The topological polar surface area (TPSA) is 108 Å². The Morgan fingerprint density at radius 2 is 1.89 bits per heavy atom. The largest absolute Gasteiger partial charge is 0.349 e. The Bertz CT molecular complexity index is 983. The van der Waals surface area contributed by atoms with Crippen molar-refractivity contribution in [2.24, 2.45) is 0 Å². The SMILES string of the molecule is CCCCCCC[C@H](C)NC(=O)c1cc(=O)c2cccc(NS(C)(=O)=O)c2[nH]1. The molecule has 7 nitrogen and oxygen atoms in total. The first-order chi connectivity index (χ1) is 13.2. The second-order valence-corrected chi connectivity index (χ2v) is 8.98. The lowest BCUT2D eigenvalue weighted by Gasteiger charge is -2.15. The van der Waals surface area contributed by atoms with Crippen molar-refractivity contribution in [3.63, 3.8) is 0 Å². The highest BCUT2D eigenvalue weighted by Gasteiger charge is 2.15. The van der Waals surface area contributed by atoms with Crippen LogP contribution in [0.3, 0.4) is 0 Å². The number of aromatic nitrogens is 1. The zero-order valence-corrected chi connectivity index (χ0v) is 17.5. The van der Waals surface area contributed by atoms with E-state index in [9.17, 15) is 18.0 Å². The Labute approximate surface area is 166 Å². The van der Waals surface area contributed by atoms with Gasteiger partial charge in [0.15, 0.2) is 5.43 Å². The average molecular weight is 408 g/mol. The standard InChI is InChI=1S/C20H29N3O4S/c1-4-5-6-7-8-10-14(2)21-20(25)17-13-18(24)15-11-9-12-16(19(15)22-17)23-28(3,26)27/h9,11-14,23H,4-8,10H2,1-3H3,(H,21,25)(H,22,24)/t14-/m0/s1. The van der Waals surface area contributed by atoms with Gasteiger partial charge in [0.1, 0.15) is 5.69 Å². The van der Waals surface area contributed by atoms with Crippen LogP contribution in [0.25, 0.3) is 10.9 Å². The molecule has 1 amide bonds. The molecular formula is C20H29N3O4S. The molecule has 2 aromatic rings. The van der Waals surface area contributed by atoms with Gasteiger partial charge in [-0.3, -0.25) is 14.3 Å². The van der Waals surface area contributed by atoms with E-state index in [1.165, 1.54) is 25.3 Å². The third-order valence-electron chi connectivity index (χ3n) is 4.52. The van der Waals surface area contributed by atoms with Crippen LogP contribution in [0.15, 0.2) is 29.1 Å². The monoisotopic (exact) mass is 407 g/mol. The van der Waals surface area contributed by atoms with Crippen LogP contribution >= 0.6 is 0 Å². The molecule has 3 N–H and O–H groups in total. The Kier molecular flexibility index (Phi) is 7.62. The summed E-state index contributed by atoms with van der Waals surface area (Å²) >= 11 is 0. The molecule has 2 rings (SSSR count). The zero-order valence-electron chi connectivity index (χ0n) is 16.7. The lowest BCUT2D eigenvalue weighted by Crippen LogP contribution is -2.33. The number of hydrogen-bond acceptors (Lipinski definition) is 4. The number of carbonyl (C=O) groups is 1. The second-order valence-electron chi connectivity index (χ2n) is 7.23. The van der Waals surface area contributed by atoms with Crippen LogP contribution in [-0.4, -0.2) is 31.6 Å². The lowest BCUT2D eigenvalue weighted by atomic mass is 10.1. The van der Waals surface area contributed by atoms with E-state index < -0.39 is 10.0 Å².